The minimum atomic E-state index is -0.192. The molecule has 3 aliphatic rings. The first-order valence-electron chi connectivity index (χ1n) is 9.92. The smallest absolute Gasteiger partial charge is 0.348 e. The molecule has 4 rings (SSSR count). The van der Waals surface area contributed by atoms with Crippen molar-refractivity contribution in [2.75, 3.05) is 13.2 Å². The Labute approximate surface area is 202 Å². The van der Waals surface area contributed by atoms with Gasteiger partial charge in [0.1, 0.15) is 0 Å². The summed E-state index contributed by atoms with van der Waals surface area (Å²) in [7, 11) is 0. The molecule has 1 spiro atoms. The summed E-state index contributed by atoms with van der Waals surface area (Å²) in [6.07, 6.45) is 10.4. The van der Waals surface area contributed by atoms with Gasteiger partial charge in [0.25, 0.3) is 0 Å². The third-order valence-corrected chi connectivity index (χ3v) is 7.04. The molecule has 1 saturated heterocycles. The van der Waals surface area contributed by atoms with Crippen LogP contribution >= 0.6 is 0 Å². The van der Waals surface area contributed by atoms with Gasteiger partial charge < -0.3 is 9.47 Å². The molecule has 0 bridgehead atoms. The van der Waals surface area contributed by atoms with E-state index in [9.17, 15) is 0 Å². The summed E-state index contributed by atoms with van der Waals surface area (Å²) < 4.78 is 11.8. The standard InChI is InChI=1S/C22H31O2.Rb/c1-16-4-3-5-21(17(16)2)20-8-6-18(7-9-20)19-10-12-22(13-11-19)23-14-15-24-22;/h3,5,18-20H,6-15H2,1-2H3;/q-1;+1. The van der Waals surface area contributed by atoms with Crippen molar-refractivity contribution in [1.82, 2.24) is 0 Å². The van der Waals surface area contributed by atoms with Crippen molar-refractivity contribution < 1.29 is 67.7 Å². The molecule has 2 saturated carbocycles. The maximum atomic E-state index is 5.89. The molecule has 2 nitrogen and oxygen atoms in total. The summed E-state index contributed by atoms with van der Waals surface area (Å²) in [6.45, 7) is 6.05. The zero-order valence-electron chi connectivity index (χ0n) is 16.3. The van der Waals surface area contributed by atoms with E-state index in [4.69, 9.17) is 9.47 Å². The molecule has 0 N–H and O–H groups in total. The van der Waals surface area contributed by atoms with E-state index in [1.807, 2.05) is 0 Å². The van der Waals surface area contributed by atoms with Gasteiger partial charge in [-0.2, -0.15) is 34.9 Å². The average Bonchev–Trinajstić information content (AvgIpc) is 3.06. The second-order valence-electron chi connectivity index (χ2n) is 8.24. The van der Waals surface area contributed by atoms with Crippen molar-refractivity contribution in [1.29, 1.82) is 0 Å². The summed E-state index contributed by atoms with van der Waals surface area (Å²) >= 11 is 0. The third-order valence-electron chi connectivity index (χ3n) is 7.04. The quantitative estimate of drug-likeness (QED) is 0.694. The molecule has 1 aliphatic heterocycles. The van der Waals surface area contributed by atoms with Gasteiger partial charge >= 0.3 is 58.2 Å². The van der Waals surface area contributed by atoms with Crippen LogP contribution in [0.1, 0.15) is 74.0 Å². The molecule has 0 atom stereocenters. The zero-order valence-corrected chi connectivity index (χ0v) is 21.2. The van der Waals surface area contributed by atoms with Gasteiger partial charge in [-0.05, 0) is 56.3 Å². The van der Waals surface area contributed by atoms with Crippen LogP contribution < -0.4 is 58.2 Å². The van der Waals surface area contributed by atoms with E-state index >= 15 is 0 Å². The van der Waals surface area contributed by atoms with Crippen LogP contribution in [0.2, 0.25) is 0 Å². The molecular weight excluding hydrogens is 382 g/mol. The van der Waals surface area contributed by atoms with Crippen molar-refractivity contribution in [3.8, 4) is 0 Å². The fourth-order valence-electron chi connectivity index (χ4n) is 5.39. The zero-order chi connectivity index (χ0) is 16.6. The van der Waals surface area contributed by atoms with Crippen LogP contribution in [0.15, 0.2) is 12.1 Å². The Bertz CT molecular complexity index is 561. The van der Waals surface area contributed by atoms with Gasteiger partial charge in [-0.15, -0.1) is 0 Å². The van der Waals surface area contributed by atoms with E-state index in [0.717, 1.165) is 43.8 Å². The maximum absolute atomic E-state index is 5.89. The number of rotatable bonds is 2. The van der Waals surface area contributed by atoms with Gasteiger partial charge in [0.15, 0.2) is 5.79 Å². The van der Waals surface area contributed by atoms with Crippen molar-refractivity contribution in [3.05, 3.63) is 34.9 Å². The van der Waals surface area contributed by atoms with E-state index in [1.165, 1.54) is 49.7 Å². The van der Waals surface area contributed by atoms with Crippen molar-refractivity contribution >= 4 is 0 Å². The fourth-order valence-corrected chi connectivity index (χ4v) is 5.39. The van der Waals surface area contributed by atoms with Gasteiger partial charge in [0.05, 0.1) is 13.2 Å². The molecule has 2 aliphatic carbocycles. The van der Waals surface area contributed by atoms with Crippen LogP contribution in [0.4, 0.5) is 0 Å². The molecule has 0 aromatic heterocycles. The molecule has 132 valence electrons. The van der Waals surface area contributed by atoms with E-state index < -0.39 is 0 Å². The van der Waals surface area contributed by atoms with Gasteiger partial charge in [0.2, 0.25) is 0 Å². The van der Waals surface area contributed by atoms with Gasteiger partial charge in [-0.3, -0.25) is 0 Å². The molecule has 1 aromatic carbocycles. The summed E-state index contributed by atoms with van der Waals surface area (Å²) in [4.78, 5) is 0. The molecule has 3 heteroatoms. The van der Waals surface area contributed by atoms with E-state index in [-0.39, 0.29) is 64.0 Å². The SMILES string of the molecule is Cc1[c-]ccc(C2CCC(C3CCC4(CC3)OCCO4)CC2)c1C.[Rb+]. The van der Waals surface area contributed by atoms with Crippen LogP contribution in [-0.2, 0) is 9.47 Å². The van der Waals surface area contributed by atoms with Gasteiger partial charge in [-0.25, -0.2) is 0 Å². The third kappa shape index (κ3) is 4.51. The minimum absolute atomic E-state index is 0. The first kappa shape index (κ1) is 20.7. The largest absolute Gasteiger partial charge is 1.00 e. The molecule has 0 amide bonds. The molecule has 1 aromatic rings. The molecule has 0 unspecified atom stereocenters. The number of hydrogen-bond donors (Lipinski definition) is 0. The van der Waals surface area contributed by atoms with Crippen LogP contribution in [0, 0.1) is 31.7 Å². The van der Waals surface area contributed by atoms with Gasteiger partial charge in [0, 0.05) is 12.8 Å². The number of ether oxygens (including phenoxy) is 2. The summed E-state index contributed by atoms with van der Waals surface area (Å²) in [5.41, 5.74) is 4.37. The van der Waals surface area contributed by atoms with Crippen LogP contribution in [0.25, 0.3) is 0 Å². The number of aryl methyl sites for hydroxylation is 1. The van der Waals surface area contributed by atoms with E-state index in [1.54, 1.807) is 5.56 Å². The van der Waals surface area contributed by atoms with Crippen LogP contribution in [-0.4, -0.2) is 19.0 Å². The Morgan fingerprint density at radius 2 is 1.52 bits per heavy atom. The number of hydrogen-bond acceptors (Lipinski definition) is 2. The van der Waals surface area contributed by atoms with E-state index in [2.05, 4.69) is 32.0 Å². The van der Waals surface area contributed by atoms with Crippen LogP contribution in [0.5, 0.6) is 0 Å². The van der Waals surface area contributed by atoms with Crippen molar-refractivity contribution in [2.45, 2.75) is 76.9 Å². The summed E-state index contributed by atoms with van der Waals surface area (Å²) in [5, 5.41) is 0. The molecule has 25 heavy (non-hydrogen) atoms. The monoisotopic (exact) mass is 412 g/mol. The Hall–Kier alpha value is 0.945. The second kappa shape index (κ2) is 8.96. The first-order valence-corrected chi connectivity index (χ1v) is 9.92. The van der Waals surface area contributed by atoms with Crippen molar-refractivity contribution in [2.24, 2.45) is 11.8 Å². The maximum Gasteiger partial charge on any atom is 1.00 e. The van der Waals surface area contributed by atoms with Crippen LogP contribution in [0.3, 0.4) is 0 Å². The average molecular weight is 413 g/mol. The summed E-state index contributed by atoms with van der Waals surface area (Å²) in [6, 6.07) is 7.77. The van der Waals surface area contributed by atoms with Gasteiger partial charge in [-0.1, -0.05) is 13.8 Å². The minimum Gasteiger partial charge on any atom is -0.348 e. The van der Waals surface area contributed by atoms with Crippen molar-refractivity contribution in [3.63, 3.8) is 0 Å². The Morgan fingerprint density at radius 1 is 0.920 bits per heavy atom. The molecule has 1 heterocycles. The Morgan fingerprint density at radius 3 is 2.16 bits per heavy atom. The molecular formula is C22H31O2Rb. The first-order chi connectivity index (χ1) is 11.7. The normalized spacial score (nSPS) is 29.5. The molecule has 3 fully saturated rings. The predicted molar refractivity (Wildman–Crippen MR) is 96.0 cm³/mol. The molecule has 0 radical (unpaired) electrons. The fraction of sp³-hybridized carbons (Fsp3) is 0.727. The predicted octanol–water partition coefficient (Wildman–Crippen LogP) is 2.31. The topological polar surface area (TPSA) is 18.5 Å². The Balaban J connectivity index is 0.00000182. The van der Waals surface area contributed by atoms with E-state index in [0.29, 0.717) is 0 Å². The number of benzene rings is 1. The second-order valence-corrected chi connectivity index (χ2v) is 8.24. The Kier molecular flexibility index (Phi) is 7.41. The summed E-state index contributed by atoms with van der Waals surface area (Å²) in [5.74, 6) is 2.40.